The third kappa shape index (κ3) is 3.01. The monoisotopic (exact) mass is 347 g/mol. The molecule has 1 aromatic carbocycles. The van der Waals surface area contributed by atoms with Crippen molar-refractivity contribution in [2.75, 3.05) is 0 Å². The van der Waals surface area contributed by atoms with E-state index < -0.39 is 4.92 Å². The molecule has 23 heavy (non-hydrogen) atoms. The normalized spacial score (nSPS) is 10.7. The molecule has 2 heterocycles. The topological polar surface area (TPSA) is 85.1 Å². The largest absolute Gasteiger partial charge is 0.347 e. The lowest BCUT2D eigenvalue weighted by Crippen LogP contribution is -2.22. The van der Waals surface area contributed by atoms with E-state index in [2.05, 4.69) is 10.3 Å². The Hall–Kier alpha value is -2.51. The lowest BCUT2D eigenvalue weighted by atomic mass is 10.2. The summed E-state index contributed by atoms with van der Waals surface area (Å²) in [6, 6.07) is 8.23. The molecular weight excluding hydrogens is 338 g/mol. The summed E-state index contributed by atoms with van der Waals surface area (Å²) in [5.41, 5.74) is 0.796. The SMILES string of the molecule is O=C(NCc1cccnc1)c1sc2c([N+](=O)[O-])cccc2c1Cl. The van der Waals surface area contributed by atoms with Crippen molar-refractivity contribution >= 4 is 44.6 Å². The maximum absolute atomic E-state index is 12.3. The summed E-state index contributed by atoms with van der Waals surface area (Å²) < 4.78 is 0.397. The van der Waals surface area contributed by atoms with Gasteiger partial charge in [-0.05, 0) is 11.6 Å². The van der Waals surface area contributed by atoms with Crippen molar-refractivity contribution < 1.29 is 9.72 Å². The predicted molar refractivity (Wildman–Crippen MR) is 88.9 cm³/mol. The van der Waals surface area contributed by atoms with Gasteiger partial charge in [-0.1, -0.05) is 29.8 Å². The van der Waals surface area contributed by atoms with Gasteiger partial charge in [0.2, 0.25) is 0 Å². The standard InChI is InChI=1S/C15H10ClN3O3S/c16-12-10-4-1-5-11(19(21)22)13(10)23-14(12)15(20)18-8-9-3-2-6-17-7-9/h1-7H,8H2,(H,18,20). The quantitative estimate of drug-likeness (QED) is 0.574. The summed E-state index contributed by atoms with van der Waals surface area (Å²) in [7, 11) is 0. The van der Waals surface area contributed by atoms with Crippen molar-refractivity contribution in [1.82, 2.24) is 10.3 Å². The van der Waals surface area contributed by atoms with E-state index in [0.717, 1.165) is 16.9 Å². The molecule has 116 valence electrons. The fraction of sp³-hybridized carbons (Fsp3) is 0.0667. The van der Waals surface area contributed by atoms with E-state index >= 15 is 0 Å². The van der Waals surface area contributed by atoms with Gasteiger partial charge in [-0.3, -0.25) is 19.9 Å². The molecule has 0 saturated carbocycles. The molecule has 0 spiro atoms. The number of non-ortho nitro benzene ring substituents is 1. The molecule has 0 aliphatic carbocycles. The summed E-state index contributed by atoms with van der Waals surface area (Å²) >= 11 is 7.25. The van der Waals surface area contributed by atoms with E-state index in [1.807, 2.05) is 6.07 Å². The molecule has 1 amide bonds. The Morgan fingerprint density at radius 3 is 2.87 bits per heavy atom. The van der Waals surface area contributed by atoms with Gasteiger partial charge in [-0.15, -0.1) is 11.3 Å². The first kappa shape index (κ1) is 15.4. The van der Waals surface area contributed by atoms with Crippen molar-refractivity contribution in [2.45, 2.75) is 6.54 Å². The molecule has 2 aromatic heterocycles. The number of nitrogens with zero attached hydrogens (tertiary/aromatic N) is 2. The number of amides is 1. The average molecular weight is 348 g/mol. The molecule has 0 radical (unpaired) electrons. The highest BCUT2D eigenvalue weighted by Crippen LogP contribution is 2.40. The van der Waals surface area contributed by atoms with Gasteiger partial charge in [-0.2, -0.15) is 0 Å². The first-order chi connectivity index (χ1) is 11.1. The third-order valence-electron chi connectivity index (χ3n) is 3.21. The van der Waals surface area contributed by atoms with Crippen molar-refractivity contribution in [1.29, 1.82) is 0 Å². The van der Waals surface area contributed by atoms with Crippen LogP contribution in [-0.2, 0) is 6.54 Å². The van der Waals surface area contributed by atoms with Crippen LogP contribution in [0.4, 0.5) is 5.69 Å². The first-order valence-corrected chi connectivity index (χ1v) is 7.80. The first-order valence-electron chi connectivity index (χ1n) is 6.60. The Balaban J connectivity index is 1.90. The number of hydrogen-bond donors (Lipinski definition) is 1. The second-order valence-electron chi connectivity index (χ2n) is 4.70. The molecule has 0 fully saturated rings. The number of fused-ring (bicyclic) bond motifs is 1. The number of thiophene rings is 1. The number of benzene rings is 1. The highest BCUT2D eigenvalue weighted by molar-refractivity contribution is 7.22. The number of carbonyl (C=O) groups excluding carboxylic acids is 1. The lowest BCUT2D eigenvalue weighted by molar-refractivity contribution is -0.382. The Kier molecular flexibility index (Phi) is 4.22. The Labute approximate surface area is 139 Å². The van der Waals surface area contributed by atoms with Gasteiger partial charge in [0.05, 0.1) is 9.95 Å². The number of carbonyl (C=O) groups is 1. The van der Waals surface area contributed by atoms with Gasteiger partial charge < -0.3 is 5.32 Å². The number of nitrogens with one attached hydrogen (secondary N) is 1. The van der Waals surface area contributed by atoms with Crippen LogP contribution in [0.15, 0.2) is 42.7 Å². The highest BCUT2D eigenvalue weighted by atomic mass is 35.5. The molecule has 0 aliphatic rings. The second kappa shape index (κ2) is 6.31. The van der Waals surface area contributed by atoms with Gasteiger partial charge in [0.1, 0.15) is 9.58 Å². The minimum Gasteiger partial charge on any atom is -0.347 e. The number of hydrogen-bond acceptors (Lipinski definition) is 5. The van der Waals surface area contributed by atoms with Crippen LogP contribution in [0.3, 0.4) is 0 Å². The molecule has 0 unspecified atom stereocenters. The minimum atomic E-state index is -0.480. The molecule has 0 bridgehead atoms. The number of nitro benzene ring substituents is 1. The molecule has 0 aliphatic heterocycles. The molecule has 3 aromatic rings. The molecule has 3 rings (SSSR count). The molecular formula is C15H10ClN3O3S. The highest BCUT2D eigenvalue weighted by Gasteiger charge is 2.22. The number of halogens is 1. The molecule has 0 saturated heterocycles. The molecule has 6 nitrogen and oxygen atoms in total. The van der Waals surface area contributed by atoms with E-state index in [1.54, 1.807) is 30.6 Å². The third-order valence-corrected chi connectivity index (χ3v) is 4.94. The summed E-state index contributed by atoms with van der Waals surface area (Å²) in [5.74, 6) is -0.366. The van der Waals surface area contributed by atoms with Gasteiger partial charge in [0.25, 0.3) is 11.6 Å². The summed E-state index contributed by atoms with van der Waals surface area (Å²) in [4.78, 5) is 27.1. The van der Waals surface area contributed by atoms with Gasteiger partial charge in [0.15, 0.2) is 0 Å². The zero-order valence-corrected chi connectivity index (χ0v) is 13.2. The van der Waals surface area contributed by atoms with E-state index in [9.17, 15) is 14.9 Å². The van der Waals surface area contributed by atoms with E-state index in [4.69, 9.17) is 11.6 Å². The van der Waals surface area contributed by atoms with E-state index in [0.29, 0.717) is 16.6 Å². The van der Waals surface area contributed by atoms with Crippen LogP contribution >= 0.6 is 22.9 Å². The van der Waals surface area contributed by atoms with Crippen molar-refractivity contribution in [3.8, 4) is 0 Å². The average Bonchev–Trinajstić information content (AvgIpc) is 2.90. The van der Waals surface area contributed by atoms with Gasteiger partial charge in [0, 0.05) is 30.4 Å². The lowest BCUT2D eigenvalue weighted by Gasteiger charge is -2.03. The van der Waals surface area contributed by atoms with Crippen molar-refractivity contribution in [3.63, 3.8) is 0 Å². The maximum atomic E-state index is 12.3. The number of nitro groups is 1. The zero-order chi connectivity index (χ0) is 16.4. The smallest absolute Gasteiger partial charge is 0.287 e. The van der Waals surface area contributed by atoms with Crippen LogP contribution in [0.5, 0.6) is 0 Å². The van der Waals surface area contributed by atoms with Gasteiger partial charge in [-0.25, -0.2) is 0 Å². The summed E-state index contributed by atoms with van der Waals surface area (Å²) in [6.07, 6.45) is 3.30. The van der Waals surface area contributed by atoms with Crippen LogP contribution in [0.1, 0.15) is 15.2 Å². The van der Waals surface area contributed by atoms with Crippen LogP contribution in [0.25, 0.3) is 10.1 Å². The number of rotatable bonds is 4. The summed E-state index contributed by atoms with van der Waals surface area (Å²) in [6.45, 7) is 0.305. The fourth-order valence-electron chi connectivity index (χ4n) is 2.13. The number of pyridine rings is 1. The second-order valence-corrected chi connectivity index (χ2v) is 6.10. The minimum absolute atomic E-state index is 0.0549. The maximum Gasteiger partial charge on any atom is 0.287 e. The van der Waals surface area contributed by atoms with Crippen molar-refractivity contribution in [3.05, 3.63) is 68.3 Å². The van der Waals surface area contributed by atoms with Crippen LogP contribution < -0.4 is 5.32 Å². The number of aromatic nitrogens is 1. The zero-order valence-electron chi connectivity index (χ0n) is 11.7. The predicted octanol–water partition coefficient (Wildman–Crippen LogP) is 3.79. The van der Waals surface area contributed by atoms with E-state index in [1.165, 1.54) is 6.07 Å². The van der Waals surface area contributed by atoms with E-state index in [-0.39, 0.29) is 21.5 Å². The van der Waals surface area contributed by atoms with Crippen LogP contribution in [-0.4, -0.2) is 15.8 Å². The molecule has 0 atom stereocenters. The van der Waals surface area contributed by atoms with Gasteiger partial charge >= 0.3 is 0 Å². The molecule has 8 heteroatoms. The fourth-order valence-corrected chi connectivity index (χ4v) is 3.64. The Morgan fingerprint density at radius 1 is 1.35 bits per heavy atom. The van der Waals surface area contributed by atoms with Crippen molar-refractivity contribution in [2.24, 2.45) is 0 Å². The van der Waals surface area contributed by atoms with Crippen LogP contribution in [0, 0.1) is 10.1 Å². The molecule has 1 N–H and O–H groups in total. The Bertz CT molecular complexity index is 896. The Morgan fingerprint density at radius 2 is 2.17 bits per heavy atom. The summed E-state index contributed by atoms with van der Waals surface area (Å²) in [5, 5.41) is 14.6. The van der Waals surface area contributed by atoms with Crippen LogP contribution in [0.2, 0.25) is 5.02 Å².